The van der Waals surface area contributed by atoms with Crippen LogP contribution in [0.15, 0.2) is 48.5 Å². The summed E-state index contributed by atoms with van der Waals surface area (Å²) in [5.41, 5.74) is 4.27. The topological polar surface area (TPSA) is 123 Å². The molecule has 202 valence electrons. The molecule has 5 atom stereocenters. The highest BCUT2D eigenvalue weighted by Crippen LogP contribution is 2.46. The van der Waals surface area contributed by atoms with E-state index in [1.807, 2.05) is 56.3 Å². The van der Waals surface area contributed by atoms with Crippen LogP contribution in [-0.4, -0.2) is 68.3 Å². The third kappa shape index (κ3) is 3.90. The van der Waals surface area contributed by atoms with Gasteiger partial charge in [-0.15, -0.1) is 0 Å². The number of carboxylic acids is 1. The molecule has 0 spiro atoms. The number of H-pyrrole nitrogens is 1. The molecule has 2 aromatic carbocycles. The number of para-hydroxylation sites is 1. The first-order chi connectivity index (χ1) is 18.8. The summed E-state index contributed by atoms with van der Waals surface area (Å²) < 4.78 is 0. The maximum absolute atomic E-state index is 14.1. The van der Waals surface area contributed by atoms with E-state index < -0.39 is 36.0 Å². The predicted octanol–water partition coefficient (Wildman–Crippen LogP) is 3.24. The first-order valence-corrected chi connectivity index (χ1v) is 13.7. The molecule has 0 aliphatic carbocycles. The van der Waals surface area contributed by atoms with Crippen molar-refractivity contribution in [2.24, 2.45) is 5.92 Å². The molecule has 1 saturated heterocycles. The van der Waals surface area contributed by atoms with Crippen LogP contribution in [0.5, 0.6) is 0 Å². The lowest BCUT2D eigenvalue weighted by Gasteiger charge is -2.38. The van der Waals surface area contributed by atoms with Crippen molar-refractivity contribution < 1.29 is 24.3 Å². The molecule has 4 heterocycles. The number of aliphatic carboxylic acids is 1. The number of nitrogens with one attached hydrogen (secondary N) is 2. The molecule has 3 aliphatic rings. The zero-order valence-electron chi connectivity index (χ0n) is 22.0. The van der Waals surface area contributed by atoms with Gasteiger partial charge in [-0.25, -0.2) is 4.79 Å². The number of carbonyl (C=O) groups excluding carboxylic acids is 3. The number of carbonyl (C=O) groups is 4. The Morgan fingerprint density at radius 2 is 1.85 bits per heavy atom. The summed E-state index contributed by atoms with van der Waals surface area (Å²) in [6.45, 7) is 4.17. The van der Waals surface area contributed by atoms with E-state index in [2.05, 4.69) is 10.3 Å². The third-order valence-corrected chi connectivity index (χ3v) is 8.75. The molecule has 3 amide bonds. The van der Waals surface area contributed by atoms with E-state index in [0.29, 0.717) is 37.8 Å². The first kappa shape index (κ1) is 25.2. The van der Waals surface area contributed by atoms with Crippen molar-refractivity contribution in [3.05, 3.63) is 70.9 Å². The molecule has 9 heteroatoms. The van der Waals surface area contributed by atoms with Crippen LogP contribution >= 0.6 is 0 Å². The van der Waals surface area contributed by atoms with Gasteiger partial charge in [0, 0.05) is 35.1 Å². The molecule has 0 radical (unpaired) electrons. The summed E-state index contributed by atoms with van der Waals surface area (Å²) >= 11 is 0. The molecule has 39 heavy (non-hydrogen) atoms. The van der Waals surface area contributed by atoms with Gasteiger partial charge >= 0.3 is 5.97 Å². The standard InChI is InChI=1S/C30H32N4O5/c1-3-16(2)24(29(37)33-14-8-13-22(33)30(38)39)32-27(35)23-15-20-17-9-6-7-12-21(17)31-25(20)26-18-10-4-5-11-19(18)28(36)34(23)26/h4-7,9-12,16,22-24,26,31H,3,8,13-15H2,1-2H3,(H,32,35)(H,38,39)/t16?,22-,23+,24+,26?/m1/s1. The Morgan fingerprint density at radius 3 is 2.62 bits per heavy atom. The van der Waals surface area contributed by atoms with Gasteiger partial charge in [-0.3, -0.25) is 14.4 Å². The van der Waals surface area contributed by atoms with Crippen molar-refractivity contribution in [3.63, 3.8) is 0 Å². The Morgan fingerprint density at radius 1 is 1.10 bits per heavy atom. The highest BCUT2D eigenvalue weighted by Gasteiger charge is 2.50. The quantitative estimate of drug-likeness (QED) is 0.453. The Balaban J connectivity index is 1.37. The van der Waals surface area contributed by atoms with E-state index in [1.165, 1.54) is 4.90 Å². The number of aromatic amines is 1. The number of fused-ring (bicyclic) bond motifs is 7. The molecule has 0 bridgehead atoms. The fourth-order valence-corrected chi connectivity index (χ4v) is 6.54. The minimum absolute atomic E-state index is 0.211. The number of nitrogens with zero attached hydrogens (tertiary/aromatic N) is 2. The van der Waals surface area contributed by atoms with Crippen LogP contribution in [0.25, 0.3) is 10.9 Å². The number of likely N-dealkylation sites (tertiary alicyclic amines) is 1. The van der Waals surface area contributed by atoms with Gasteiger partial charge in [-0.05, 0) is 42.0 Å². The van der Waals surface area contributed by atoms with Crippen molar-refractivity contribution in [1.82, 2.24) is 20.1 Å². The second-order valence-corrected chi connectivity index (χ2v) is 10.9. The Bertz CT molecular complexity index is 1500. The monoisotopic (exact) mass is 528 g/mol. The number of rotatable bonds is 6. The molecule has 3 aromatic rings. The van der Waals surface area contributed by atoms with Gasteiger partial charge in [0.05, 0.1) is 6.04 Å². The van der Waals surface area contributed by atoms with E-state index in [9.17, 15) is 24.3 Å². The zero-order valence-corrected chi connectivity index (χ0v) is 22.0. The van der Waals surface area contributed by atoms with Crippen molar-refractivity contribution in [3.8, 4) is 0 Å². The summed E-state index contributed by atoms with van der Waals surface area (Å²) in [6, 6.07) is 12.3. The third-order valence-electron chi connectivity index (χ3n) is 8.75. The van der Waals surface area contributed by atoms with E-state index in [1.54, 1.807) is 11.0 Å². The number of hydrogen-bond donors (Lipinski definition) is 3. The van der Waals surface area contributed by atoms with E-state index in [-0.39, 0.29) is 17.7 Å². The van der Waals surface area contributed by atoms with Gasteiger partial charge in [0.2, 0.25) is 11.8 Å². The van der Waals surface area contributed by atoms with Crippen molar-refractivity contribution >= 4 is 34.6 Å². The van der Waals surface area contributed by atoms with Crippen LogP contribution in [0.1, 0.15) is 66.3 Å². The Labute approximate surface area is 226 Å². The van der Waals surface area contributed by atoms with Crippen molar-refractivity contribution in [1.29, 1.82) is 0 Å². The summed E-state index contributed by atoms with van der Waals surface area (Å²) in [5.74, 6) is -2.24. The number of carboxylic acid groups (broad SMARTS) is 1. The van der Waals surface area contributed by atoms with Gasteiger partial charge in [-0.1, -0.05) is 56.7 Å². The second-order valence-electron chi connectivity index (χ2n) is 10.9. The number of hydrogen-bond acceptors (Lipinski definition) is 4. The number of amides is 3. The van der Waals surface area contributed by atoms with Gasteiger partial charge < -0.3 is 25.2 Å². The minimum Gasteiger partial charge on any atom is -0.480 e. The lowest BCUT2D eigenvalue weighted by atomic mass is 9.89. The van der Waals surface area contributed by atoms with Crippen molar-refractivity contribution in [2.75, 3.05) is 6.54 Å². The van der Waals surface area contributed by atoms with E-state index in [0.717, 1.165) is 27.7 Å². The first-order valence-electron chi connectivity index (χ1n) is 13.7. The van der Waals surface area contributed by atoms with E-state index >= 15 is 0 Å². The lowest BCUT2D eigenvalue weighted by Crippen LogP contribution is -2.59. The van der Waals surface area contributed by atoms with Gasteiger partial charge in [0.1, 0.15) is 18.1 Å². The highest BCUT2D eigenvalue weighted by molar-refractivity contribution is 6.04. The molecule has 1 fully saturated rings. The molecule has 6 rings (SSSR count). The van der Waals surface area contributed by atoms with Gasteiger partial charge in [-0.2, -0.15) is 0 Å². The van der Waals surface area contributed by atoms with E-state index in [4.69, 9.17) is 0 Å². The van der Waals surface area contributed by atoms with Crippen LogP contribution in [0.2, 0.25) is 0 Å². The second kappa shape index (κ2) is 9.55. The lowest BCUT2D eigenvalue weighted by molar-refractivity contribution is -0.150. The normalized spacial score (nSPS) is 23.2. The maximum Gasteiger partial charge on any atom is 0.326 e. The molecule has 3 N–H and O–H groups in total. The SMILES string of the molecule is CCC(C)[C@H](NC(=O)[C@@H]1Cc2c([nH]c3ccccc23)C2c3ccccc3C(=O)N21)C(=O)N1CCC[C@@H]1C(=O)O. The Kier molecular flexibility index (Phi) is 6.16. The largest absolute Gasteiger partial charge is 0.480 e. The molecular weight excluding hydrogens is 496 g/mol. The average molecular weight is 529 g/mol. The molecule has 9 nitrogen and oxygen atoms in total. The van der Waals surface area contributed by atoms with Crippen LogP contribution in [0.3, 0.4) is 0 Å². The average Bonchev–Trinajstić information content (AvgIpc) is 3.65. The summed E-state index contributed by atoms with van der Waals surface area (Å²) in [6.07, 6.45) is 1.94. The van der Waals surface area contributed by atoms with Crippen LogP contribution < -0.4 is 5.32 Å². The predicted molar refractivity (Wildman–Crippen MR) is 144 cm³/mol. The fraction of sp³-hybridized carbons (Fsp3) is 0.400. The Hall–Kier alpha value is -4.14. The van der Waals surface area contributed by atoms with Gasteiger partial charge in [0.25, 0.3) is 5.91 Å². The number of benzene rings is 2. The zero-order chi connectivity index (χ0) is 27.4. The van der Waals surface area contributed by atoms with Crippen LogP contribution in [0, 0.1) is 5.92 Å². The molecule has 1 aromatic heterocycles. The molecule has 3 aliphatic heterocycles. The minimum atomic E-state index is -1.03. The molecule has 2 unspecified atom stereocenters. The summed E-state index contributed by atoms with van der Waals surface area (Å²) in [4.78, 5) is 59.7. The van der Waals surface area contributed by atoms with Crippen LogP contribution in [-0.2, 0) is 20.8 Å². The van der Waals surface area contributed by atoms with Gasteiger partial charge in [0.15, 0.2) is 0 Å². The smallest absolute Gasteiger partial charge is 0.326 e. The summed E-state index contributed by atoms with van der Waals surface area (Å²) in [7, 11) is 0. The molecule has 0 saturated carbocycles. The van der Waals surface area contributed by atoms with Crippen LogP contribution in [0.4, 0.5) is 0 Å². The molecular formula is C30H32N4O5. The van der Waals surface area contributed by atoms with Crippen molar-refractivity contribution in [2.45, 2.75) is 63.7 Å². The fourth-order valence-electron chi connectivity index (χ4n) is 6.54. The number of aromatic nitrogens is 1. The highest BCUT2D eigenvalue weighted by atomic mass is 16.4. The maximum atomic E-state index is 14.1. The summed E-state index contributed by atoms with van der Waals surface area (Å²) in [5, 5.41) is 13.6.